The smallest absolute Gasteiger partial charge is 0.316 e. The van der Waals surface area contributed by atoms with E-state index in [-0.39, 0.29) is 12.1 Å². The number of anilines is 1. The molecule has 0 spiro atoms. The molecule has 0 saturated heterocycles. The molecular weight excluding hydrogens is 236 g/mol. The SMILES string of the molecule is CC(C)OC(=O)CSc1ccc(N(C)C)n1C. The first-order valence-electron chi connectivity index (χ1n) is 5.57. The first-order valence-corrected chi connectivity index (χ1v) is 6.55. The number of hydrogen-bond donors (Lipinski definition) is 0. The number of nitrogens with zero attached hydrogens (tertiary/aromatic N) is 2. The van der Waals surface area contributed by atoms with Crippen molar-refractivity contribution in [1.82, 2.24) is 4.57 Å². The molecule has 0 saturated carbocycles. The average molecular weight is 256 g/mol. The van der Waals surface area contributed by atoms with Crippen LogP contribution in [0.15, 0.2) is 17.2 Å². The number of thioether (sulfide) groups is 1. The van der Waals surface area contributed by atoms with Crippen molar-refractivity contribution in [2.45, 2.75) is 25.0 Å². The van der Waals surface area contributed by atoms with Crippen LogP contribution in [0.3, 0.4) is 0 Å². The lowest BCUT2D eigenvalue weighted by Gasteiger charge is -2.14. The lowest BCUT2D eigenvalue weighted by molar-refractivity contribution is -0.144. The monoisotopic (exact) mass is 256 g/mol. The van der Waals surface area contributed by atoms with Crippen LogP contribution in [-0.2, 0) is 16.6 Å². The molecule has 1 aromatic heterocycles. The van der Waals surface area contributed by atoms with Crippen LogP contribution in [0.1, 0.15) is 13.8 Å². The molecule has 1 heterocycles. The summed E-state index contributed by atoms with van der Waals surface area (Å²) in [6.45, 7) is 3.71. The van der Waals surface area contributed by atoms with Gasteiger partial charge in [-0.2, -0.15) is 0 Å². The van der Waals surface area contributed by atoms with Gasteiger partial charge in [0.15, 0.2) is 0 Å². The molecule has 0 amide bonds. The molecule has 4 nitrogen and oxygen atoms in total. The summed E-state index contributed by atoms with van der Waals surface area (Å²) < 4.78 is 7.15. The Labute approximate surface area is 107 Å². The van der Waals surface area contributed by atoms with Gasteiger partial charge >= 0.3 is 5.97 Å². The highest BCUT2D eigenvalue weighted by Crippen LogP contribution is 2.24. The molecule has 0 fully saturated rings. The van der Waals surface area contributed by atoms with Crippen molar-refractivity contribution in [3.63, 3.8) is 0 Å². The van der Waals surface area contributed by atoms with Crippen LogP contribution in [0.25, 0.3) is 0 Å². The van der Waals surface area contributed by atoms with E-state index in [1.165, 1.54) is 11.8 Å². The van der Waals surface area contributed by atoms with Crippen molar-refractivity contribution in [1.29, 1.82) is 0 Å². The lowest BCUT2D eigenvalue weighted by Crippen LogP contribution is -2.14. The van der Waals surface area contributed by atoms with E-state index >= 15 is 0 Å². The van der Waals surface area contributed by atoms with Gasteiger partial charge in [-0.05, 0) is 26.0 Å². The van der Waals surface area contributed by atoms with Crippen molar-refractivity contribution < 1.29 is 9.53 Å². The highest BCUT2D eigenvalue weighted by Gasteiger charge is 2.10. The summed E-state index contributed by atoms with van der Waals surface area (Å²) in [4.78, 5) is 13.5. The van der Waals surface area contributed by atoms with E-state index in [0.29, 0.717) is 5.75 Å². The van der Waals surface area contributed by atoms with Crippen molar-refractivity contribution in [2.24, 2.45) is 7.05 Å². The summed E-state index contributed by atoms with van der Waals surface area (Å²) in [5.74, 6) is 1.30. The first-order chi connectivity index (χ1) is 7.91. The minimum absolute atomic E-state index is 0.0474. The average Bonchev–Trinajstić information content (AvgIpc) is 2.55. The Morgan fingerprint density at radius 1 is 1.47 bits per heavy atom. The third-order valence-electron chi connectivity index (χ3n) is 2.21. The Morgan fingerprint density at radius 3 is 2.59 bits per heavy atom. The maximum atomic E-state index is 11.4. The second-order valence-electron chi connectivity index (χ2n) is 4.31. The molecule has 0 aliphatic heterocycles. The molecular formula is C12H20N2O2S. The van der Waals surface area contributed by atoms with Crippen LogP contribution < -0.4 is 4.90 Å². The standard InChI is InChI=1S/C12H20N2O2S/c1-9(2)16-12(15)8-17-11-7-6-10(13(3)4)14(11)5/h6-7,9H,8H2,1-5H3. The quantitative estimate of drug-likeness (QED) is 0.597. The fraction of sp³-hybridized carbons (Fsp3) is 0.583. The van der Waals surface area contributed by atoms with E-state index in [0.717, 1.165) is 10.8 Å². The van der Waals surface area contributed by atoms with Crippen molar-refractivity contribution >= 4 is 23.5 Å². The summed E-state index contributed by atoms with van der Waals surface area (Å²) in [6, 6.07) is 4.05. The summed E-state index contributed by atoms with van der Waals surface area (Å²) in [5.41, 5.74) is 0. The Kier molecular flexibility index (Phi) is 4.93. The topological polar surface area (TPSA) is 34.5 Å². The number of hydrogen-bond acceptors (Lipinski definition) is 4. The fourth-order valence-electron chi connectivity index (χ4n) is 1.51. The summed E-state index contributed by atoms with van der Waals surface area (Å²) in [7, 11) is 5.99. The molecule has 5 heteroatoms. The second kappa shape index (κ2) is 6.00. The van der Waals surface area contributed by atoms with Gasteiger partial charge in [0.25, 0.3) is 0 Å². The van der Waals surface area contributed by atoms with E-state index in [1.807, 2.05) is 52.0 Å². The number of ether oxygens (including phenoxy) is 1. The molecule has 0 bridgehead atoms. The van der Waals surface area contributed by atoms with E-state index < -0.39 is 0 Å². The summed E-state index contributed by atoms with van der Waals surface area (Å²) in [5, 5.41) is 1.06. The molecule has 1 aromatic rings. The first kappa shape index (κ1) is 14.0. The highest BCUT2D eigenvalue weighted by atomic mass is 32.2. The number of esters is 1. The summed E-state index contributed by atoms with van der Waals surface area (Å²) in [6.07, 6.45) is -0.0474. The largest absolute Gasteiger partial charge is 0.462 e. The normalized spacial score (nSPS) is 10.7. The minimum atomic E-state index is -0.169. The predicted molar refractivity (Wildman–Crippen MR) is 71.7 cm³/mol. The lowest BCUT2D eigenvalue weighted by atomic mass is 10.5. The Bertz CT molecular complexity index is 386. The van der Waals surface area contributed by atoms with Crippen LogP contribution in [-0.4, -0.2) is 36.5 Å². The molecule has 1 rings (SSSR count). The highest BCUT2D eigenvalue weighted by molar-refractivity contribution is 7.99. The number of carbonyl (C=O) groups excluding carboxylic acids is 1. The third-order valence-corrected chi connectivity index (χ3v) is 3.30. The molecule has 0 aliphatic carbocycles. The zero-order valence-corrected chi connectivity index (χ0v) is 11.9. The molecule has 17 heavy (non-hydrogen) atoms. The van der Waals surface area contributed by atoms with Gasteiger partial charge in [-0.25, -0.2) is 0 Å². The molecule has 0 aliphatic rings. The third kappa shape index (κ3) is 4.00. The van der Waals surface area contributed by atoms with Gasteiger partial charge in [0, 0.05) is 21.1 Å². The maximum absolute atomic E-state index is 11.4. The number of rotatable bonds is 5. The van der Waals surface area contributed by atoms with Crippen LogP contribution in [0.2, 0.25) is 0 Å². The van der Waals surface area contributed by atoms with Crippen LogP contribution in [0, 0.1) is 0 Å². The van der Waals surface area contributed by atoms with E-state index in [1.54, 1.807) is 0 Å². The second-order valence-corrected chi connectivity index (χ2v) is 5.31. The molecule has 0 N–H and O–H groups in total. The van der Waals surface area contributed by atoms with Gasteiger partial charge in [0.2, 0.25) is 0 Å². The number of carbonyl (C=O) groups is 1. The predicted octanol–water partition coefficient (Wildman–Crippen LogP) is 2.13. The zero-order valence-electron chi connectivity index (χ0n) is 11.1. The Morgan fingerprint density at radius 2 is 2.12 bits per heavy atom. The van der Waals surface area contributed by atoms with Gasteiger partial charge < -0.3 is 14.2 Å². The van der Waals surface area contributed by atoms with Crippen molar-refractivity contribution in [2.75, 3.05) is 24.7 Å². The van der Waals surface area contributed by atoms with E-state index in [2.05, 4.69) is 4.57 Å². The molecule has 0 radical (unpaired) electrons. The maximum Gasteiger partial charge on any atom is 0.316 e. The van der Waals surface area contributed by atoms with Gasteiger partial charge in [-0.15, -0.1) is 0 Å². The van der Waals surface area contributed by atoms with Crippen LogP contribution >= 0.6 is 11.8 Å². The van der Waals surface area contributed by atoms with Gasteiger partial charge in [-0.1, -0.05) is 11.8 Å². The van der Waals surface area contributed by atoms with E-state index in [4.69, 9.17) is 4.74 Å². The summed E-state index contributed by atoms with van der Waals surface area (Å²) >= 11 is 1.50. The Hall–Kier alpha value is -1.10. The van der Waals surface area contributed by atoms with Crippen LogP contribution in [0.5, 0.6) is 0 Å². The van der Waals surface area contributed by atoms with E-state index in [9.17, 15) is 4.79 Å². The van der Waals surface area contributed by atoms with Gasteiger partial charge in [0.1, 0.15) is 5.82 Å². The fourth-order valence-corrected chi connectivity index (χ4v) is 2.29. The Balaban J connectivity index is 2.55. The molecule has 0 aromatic carbocycles. The van der Waals surface area contributed by atoms with Crippen molar-refractivity contribution in [3.8, 4) is 0 Å². The minimum Gasteiger partial charge on any atom is -0.462 e. The van der Waals surface area contributed by atoms with Crippen LogP contribution in [0.4, 0.5) is 5.82 Å². The van der Waals surface area contributed by atoms with Gasteiger partial charge in [0.05, 0.1) is 16.9 Å². The number of aromatic nitrogens is 1. The molecule has 0 unspecified atom stereocenters. The zero-order chi connectivity index (χ0) is 13.0. The molecule has 0 atom stereocenters. The van der Waals surface area contributed by atoms with Gasteiger partial charge in [-0.3, -0.25) is 4.79 Å². The molecule has 96 valence electrons. The van der Waals surface area contributed by atoms with Crippen molar-refractivity contribution in [3.05, 3.63) is 12.1 Å².